The van der Waals surface area contributed by atoms with Gasteiger partial charge in [0.15, 0.2) is 5.96 Å². The van der Waals surface area contributed by atoms with E-state index in [0.717, 1.165) is 44.1 Å². The molecule has 1 heterocycles. The molecule has 20 heavy (non-hydrogen) atoms. The van der Waals surface area contributed by atoms with Crippen molar-refractivity contribution < 1.29 is 4.42 Å². The Labute approximate surface area is 139 Å². The van der Waals surface area contributed by atoms with Crippen LogP contribution in [0.2, 0.25) is 0 Å². The van der Waals surface area contributed by atoms with Gasteiger partial charge in [-0.25, -0.2) is 0 Å². The van der Waals surface area contributed by atoms with Crippen LogP contribution in [0.25, 0.3) is 0 Å². The summed E-state index contributed by atoms with van der Waals surface area (Å²) < 4.78 is 5.32. The Morgan fingerprint density at radius 1 is 1.40 bits per heavy atom. The number of aliphatic imine (C=N–C) groups is 1. The van der Waals surface area contributed by atoms with Crippen molar-refractivity contribution in [1.29, 1.82) is 0 Å². The van der Waals surface area contributed by atoms with Crippen molar-refractivity contribution in [3.63, 3.8) is 0 Å². The van der Waals surface area contributed by atoms with Crippen molar-refractivity contribution in [2.24, 2.45) is 4.99 Å². The lowest BCUT2D eigenvalue weighted by Crippen LogP contribution is -2.42. The number of guanidine groups is 1. The molecule has 1 unspecified atom stereocenters. The quantitative estimate of drug-likeness (QED) is 0.307. The van der Waals surface area contributed by atoms with E-state index >= 15 is 0 Å². The lowest BCUT2D eigenvalue weighted by atomic mass is 10.3. The second-order valence-electron chi connectivity index (χ2n) is 4.79. The predicted molar refractivity (Wildman–Crippen MR) is 95.9 cm³/mol. The van der Waals surface area contributed by atoms with E-state index in [2.05, 4.69) is 36.4 Å². The van der Waals surface area contributed by atoms with E-state index < -0.39 is 0 Å². The number of halogens is 1. The number of nitrogens with one attached hydrogen (secondary N) is 2. The SMILES string of the molecule is CCCCN=C(NCCc1ccco1)NC(C)CC.I. The fourth-order valence-corrected chi connectivity index (χ4v) is 1.60. The maximum absolute atomic E-state index is 5.32. The van der Waals surface area contributed by atoms with Gasteiger partial charge < -0.3 is 15.1 Å². The smallest absolute Gasteiger partial charge is 0.191 e. The molecule has 116 valence electrons. The van der Waals surface area contributed by atoms with Crippen LogP contribution in [-0.2, 0) is 6.42 Å². The number of furan rings is 1. The molecule has 0 aliphatic carbocycles. The Kier molecular flexibility index (Phi) is 11.6. The van der Waals surface area contributed by atoms with Crippen LogP contribution in [0, 0.1) is 0 Å². The summed E-state index contributed by atoms with van der Waals surface area (Å²) in [6, 6.07) is 4.36. The van der Waals surface area contributed by atoms with Crippen LogP contribution in [0.1, 0.15) is 45.8 Å². The first-order chi connectivity index (χ1) is 9.26. The van der Waals surface area contributed by atoms with E-state index in [9.17, 15) is 0 Å². The first kappa shape index (κ1) is 19.3. The topological polar surface area (TPSA) is 49.6 Å². The number of hydrogen-bond acceptors (Lipinski definition) is 2. The molecule has 0 saturated heterocycles. The average Bonchev–Trinajstić information content (AvgIpc) is 2.91. The summed E-state index contributed by atoms with van der Waals surface area (Å²) in [5.41, 5.74) is 0. The molecule has 0 spiro atoms. The van der Waals surface area contributed by atoms with Gasteiger partial charge in [-0.05, 0) is 31.9 Å². The van der Waals surface area contributed by atoms with Gasteiger partial charge in [0.2, 0.25) is 0 Å². The summed E-state index contributed by atoms with van der Waals surface area (Å²) in [6.45, 7) is 8.24. The van der Waals surface area contributed by atoms with Gasteiger partial charge in [-0.3, -0.25) is 4.99 Å². The van der Waals surface area contributed by atoms with Crippen molar-refractivity contribution in [3.8, 4) is 0 Å². The van der Waals surface area contributed by atoms with E-state index in [1.54, 1.807) is 6.26 Å². The molecule has 4 nitrogen and oxygen atoms in total. The fourth-order valence-electron chi connectivity index (χ4n) is 1.60. The first-order valence-electron chi connectivity index (χ1n) is 7.33. The normalized spacial score (nSPS) is 12.7. The Bertz CT molecular complexity index is 352. The standard InChI is InChI=1S/C15H27N3O.HI/c1-4-6-10-16-15(18-13(3)5-2)17-11-9-14-8-7-12-19-14;/h7-8,12-13H,4-6,9-11H2,1-3H3,(H2,16,17,18);1H. The van der Waals surface area contributed by atoms with Crippen LogP contribution in [0.15, 0.2) is 27.8 Å². The molecular formula is C15H28IN3O. The van der Waals surface area contributed by atoms with Gasteiger partial charge in [0.1, 0.15) is 5.76 Å². The van der Waals surface area contributed by atoms with Gasteiger partial charge in [-0.15, -0.1) is 24.0 Å². The summed E-state index contributed by atoms with van der Waals surface area (Å²) in [4.78, 5) is 4.58. The summed E-state index contributed by atoms with van der Waals surface area (Å²) in [6.07, 6.45) is 5.98. The van der Waals surface area contributed by atoms with Crippen LogP contribution in [-0.4, -0.2) is 25.1 Å². The summed E-state index contributed by atoms with van der Waals surface area (Å²) >= 11 is 0. The number of nitrogens with zero attached hydrogens (tertiary/aromatic N) is 1. The third-order valence-corrected chi connectivity index (χ3v) is 3.02. The van der Waals surface area contributed by atoms with Crippen LogP contribution >= 0.6 is 24.0 Å². The third kappa shape index (κ3) is 8.45. The maximum Gasteiger partial charge on any atom is 0.191 e. The molecule has 0 aliphatic heterocycles. The molecule has 0 radical (unpaired) electrons. The molecule has 1 atom stereocenters. The minimum atomic E-state index is 0. The molecule has 0 fully saturated rings. The van der Waals surface area contributed by atoms with E-state index in [1.165, 1.54) is 6.42 Å². The zero-order chi connectivity index (χ0) is 13.9. The monoisotopic (exact) mass is 393 g/mol. The highest BCUT2D eigenvalue weighted by Crippen LogP contribution is 1.99. The highest BCUT2D eigenvalue weighted by molar-refractivity contribution is 14.0. The summed E-state index contributed by atoms with van der Waals surface area (Å²) in [5, 5.41) is 6.77. The molecule has 2 N–H and O–H groups in total. The Hall–Kier alpha value is -0.720. The van der Waals surface area contributed by atoms with Crippen LogP contribution < -0.4 is 10.6 Å². The van der Waals surface area contributed by atoms with Crippen LogP contribution in [0.5, 0.6) is 0 Å². The molecule has 1 rings (SSSR count). The lowest BCUT2D eigenvalue weighted by molar-refractivity contribution is 0.506. The van der Waals surface area contributed by atoms with E-state index in [1.807, 2.05) is 12.1 Å². The minimum Gasteiger partial charge on any atom is -0.469 e. The number of hydrogen-bond donors (Lipinski definition) is 2. The highest BCUT2D eigenvalue weighted by Gasteiger charge is 2.03. The predicted octanol–water partition coefficient (Wildman–Crippen LogP) is 3.57. The maximum atomic E-state index is 5.32. The van der Waals surface area contributed by atoms with Gasteiger partial charge in [0.05, 0.1) is 6.26 Å². The zero-order valence-corrected chi connectivity index (χ0v) is 15.1. The minimum absolute atomic E-state index is 0. The lowest BCUT2D eigenvalue weighted by Gasteiger charge is -2.16. The molecular weight excluding hydrogens is 365 g/mol. The molecule has 1 aromatic heterocycles. The zero-order valence-electron chi connectivity index (χ0n) is 12.8. The number of unbranched alkanes of at least 4 members (excludes halogenated alkanes) is 1. The molecule has 0 bridgehead atoms. The van der Waals surface area contributed by atoms with E-state index in [0.29, 0.717) is 6.04 Å². The third-order valence-electron chi connectivity index (χ3n) is 3.02. The van der Waals surface area contributed by atoms with Crippen molar-refractivity contribution in [3.05, 3.63) is 24.2 Å². The van der Waals surface area contributed by atoms with Crippen LogP contribution in [0.3, 0.4) is 0 Å². The Morgan fingerprint density at radius 2 is 2.20 bits per heavy atom. The molecule has 0 saturated carbocycles. The van der Waals surface area contributed by atoms with E-state index in [-0.39, 0.29) is 24.0 Å². The van der Waals surface area contributed by atoms with Crippen molar-refractivity contribution in [2.75, 3.05) is 13.1 Å². The Morgan fingerprint density at radius 3 is 2.80 bits per heavy atom. The van der Waals surface area contributed by atoms with Gasteiger partial charge in [-0.1, -0.05) is 20.3 Å². The van der Waals surface area contributed by atoms with Crippen molar-refractivity contribution >= 4 is 29.9 Å². The van der Waals surface area contributed by atoms with Gasteiger partial charge >= 0.3 is 0 Å². The summed E-state index contributed by atoms with van der Waals surface area (Å²) in [7, 11) is 0. The molecule has 1 aromatic rings. The number of rotatable bonds is 8. The second kappa shape index (κ2) is 12.1. The fraction of sp³-hybridized carbons (Fsp3) is 0.667. The highest BCUT2D eigenvalue weighted by atomic mass is 127. The summed E-state index contributed by atoms with van der Waals surface area (Å²) in [5.74, 6) is 1.92. The largest absolute Gasteiger partial charge is 0.469 e. The molecule has 0 aliphatic rings. The Balaban J connectivity index is 0.00000361. The molecule has 0 amide bonds. The average molecular weight is 393 g/mol. The second-order valence-corrected chi connectivity index (χ2v) is 4.79. The first-order valence-corrected chi connectivity index (χ1v) is 7.33. The van der Waals surface area contributed by atoms with Gasteiger partial charge in [-0.2, -0.15) is 0 Å². The van der Waals surface area contributed by atoms with Crippen molar-refractivity contribution in [2.45, 2.75) is 52.5 Å². The van der Waals surface area contributed by atoms with Gasteiger partial charge in [0, 0.05) is 25.6 Å². The van der Waals surface area contributed by atoms with Gasteiger partial charge in [0.25, 0.3) is 0 Å². The molecule has 5 heteroatoms. The van der Waals surface area contributed by atoms with Crippen LogP contribution in [0.4, 0.5) is 0 Å². The van der Waals surface area contributed by atoms with Crippen molar-refractivity contribution in [1.82, 2.24) is 10.6 Å². The van der Waals surface area contributed by atoms with E-state index in [4.69, 9.17) is 4.42 Å². The molecule has 0 aromatic carbocycles.